The predicted octanol–water partition coefficient (Wildman–Crippen LogP) is 9.77. The number of anilines is 1. The van der Waals surface area contributed by atoms with Crippen LogP contribution in [0.5, 0.6) is 0 Å². The van der Waals surface area contributed by atoms with Crippen LogP contribution in [0.1, 0.15) is 59.5 Å². The lowest BCUT2D eigenvalue weighted by Crippen LogP contribution is -2.32. The molecule has 4 aromatic rings. The zero-order valence-corrected chi connectivity index (χ0v) is 25.2. The van der Waals surface area contributed by atoms with Crippen molar-refractivity contribution in [3.05, 3.63) is 112 Å². The number of carbonyl (C=O) groups is 1. The number of hydrogen-bond donors (Lipinski definition) is 0. The van der Waals surface area contributed by atoms with Crippen molar-refractivity contribution in [2.24, 2.45) is 0 Å². The predicted molar refractivity (Wildman–Crippen MR) is 173 cm³/mol. The van der Waals surface area contributed by atoms with Gasteiger partial charge in [-0.25, -0.2) is 9.18 Å². The highest BCUT2D eigenvalue weighted by atomic mass is 35.5. The van der Waals surface area contributed by atoms with Crippen LogP contribution in [-0.2, 0) is 11.3 Å². The topological polar surface area (TPSA) is 29.5 Å². The molecular formula is C36H35ClFNO2S. The standard InChI is InChI=1S/C36H35ClFNO2S/c37-29-13-10-26(11-14-29)31-17-15-30(39-18-20-42-21-19-39)22-28(31)24-41-36(40)27-12-16-34(35(38)23-27)33-9-5-4-8-32(33)25-6-2-1-3-7-25/h4-5,8-17,22-23,25H,1-3,6-7,18-21,24H2. The molecule has 1 saturated carbocycles. The van der Waals surface area contributed by atoms with Gasteiger partial charge in [0, 0.05) is 40.9 Å². The second kappa shape index (κ2) is 13.4. The molecule has 2 fully saturated rings. The van der Waals surface area contributed by atoms with Crippen LogP contribution in [0.4, 0.5) is 10.1 Å². The lowest BCUT2D eigenvalue weighted by atomic mass is 9.81. The van der Waals surface area contributed by atoms with Crippen molar-refractivity contribution in [2.75, 3.05) is 29.5 Å². The molecule has 6 rings (SSSR count). The summed E-state index contributed by atoms with van der Waals surface area (Å²) in [5.74, 6) is 1.70. The number of esters is 1. The molecule has 0 spiro atoms. The largest absolute Gasteiger partial charge is 0.457 e. The Labute approximate surface area is 257 Å². The van der Waals surface area contributed by atoms with Crippen molar-refractivity contribution in [1.82, 2.24) is 0 Å². The van der Waals surface area contributed by atoms with Gasteiger partial charge in [0.1, 0.15) is 12.4 Å². The van der Waals surface area contributed by atoms with Crippen LogP contribution in [0.3, 0.4) is 0 Å². The maximum absolute atomic E-state index is 15.6. The van der Waals surface area contributed by atoms with Gasteiger partial charge >= 0.3 is 5.97 Å². The Morgan fingerprint density at radius 1 is 0.857 bits per heavy atom. The molecule has 0 radical (unpaired) electrons. The van der Waals surface area contributed by atoms with Gasteiger partial charge in [-0.1, -0.05) is 79.4 Å². The maximum Gasteiger partial charge on any atom is 0.338 e. The number of halogens is 2. The molecule has 1 saturated heterocycles. The quantitative estimate of drug-likeness (QED) is 0.198. The fraction of sp³-hybridized carbons (Fsp3) is 0.306. The molecule has 0 bridgehead atoms. The van der Waals surface area contributed by atoms with E-state index in [9.17, 15) is 4.79 Å². The molecule has 6 heteroatoms. The first kappa shape index (κ1) is 28.8. The lowest BCUT2D eigenvalue weighted by molar-refractivity contribution is 0.0473. The number of hydrogen-bond acceptors (Lipinski definition) is 4. The lowest BCUT2D eigenvalue weighted by Gasteiger charge is -2.29. The van der Waals surface area contributed by atoms with E-state index < -0.39 is 11.8 Å². The third-order valence-electron chi connectivity index (χ3n) is 8.48. The average Bonchev–Trinajstić information content (AvgIpc) is 3.05. The molecule has 42 heavy (non-hydrogen) atoms. The molecule has 1 aliphatic heterocycles. The van der Waals surface area contributed by atoms with Crippen LogP contribution in [0, 0.1) is 5.82 Å². The van der Waals surface area contributed by atoms with Crippen molar-refractivity contribution in [1.29, 1.82) is 0 Å². The van der Waals surface area contributed by atoms with Gasteiger partial charge in [-0.2, -0.15) is 11.8 Å². The first-order chi connectivity index (χ1) is 20.6. The summed E-state index contributed by atoms with van der Waals surface area (Å²) < 4.78 is 21.4. The van der Waals surface area contributed by atoms with Crippen LogP contribution < -0.4 is 4.90 Å². The van der Waals surface area contributed by atoms with Crippen molar-refractivity contribution in [2.45, 2.75) is 44.6 Å². The third-order valence-corrected chi connectivity index (χ3v) is 9.67. The summed E-state index contributed by atoms with van der Waals surface area (Å²) in [6.45, 7) is 2.06. The van der Waals surface area contributed by atoms with Crippen LogP contribution in [0.15, 0.2) is 84.9 Å². The van der Waals surface area contributed by atoms with Crippen molar-refractivity contribution >= 4 is 35.0 Å². The summed E-state index contributed by atoms with van der Waals surface area (Å²) in [5, 5.41) is 0.668. The fourth-order valence-corrected chi connectivity index (χ4v) is 7.26. The molecular weight excluding hydrogens is 565 g/mol. The Hall–Kier alpha value is -3.28. The molecule has 0 amide bonds. The number of carbonyl (C=O) groups excluding carboxylic acids is 1. The zero-order chi connectivity index (χ0) is 28.9. The minimum atomic E-state index is -0.539. The van der Waals surface area contributed by atoms with E-state index in [1.54, 1.807) is 12.1 Å². The fourth-order valence-electron chi connectivity index (χ4n) is 6.23. The van der Waals surface area contributed by atoms with Gasteiger partial charge in [-0.3, -0.25) is 0 Å². The number of rotatable bonds is 7. The second-order valence-corrected chi connectivity index (χ2v) is 12.8. The highest BCUT2D eigenvalue weighted by Crippen LogP contribution is 2.39. The van der Waals surface area contributed by atoms with Crippen LogP contribution >= 0.6 is 23.4 Å². The van der Waals surface area contributed by atoms with Gasteiger partial charge in [0.25, 0.3) is 0 Å². The SMILES string of the molecule is O=C(OCc1cc(N2CCSCC2)ccc1-c1ccc(Cl)cc1)c1ccc(-c2ccccc2C2CCCCC2)c(F)c1. The molecule has 0 N–H and O–H groups in total. The van der Waals surface area contributed by atoms with E-state index in [0.717, 1.165) is 65.4 Å². The summed E-state index contributed by atoms with van der Waals surface area (Å²) in [6.07, 6.45) is 5.97. The number of thioether (sulfide) groups is 1. The number of benzene rings is 4. The van der Waals surface area contributed by atoms with Crippen LogP contribution in [0.2, 0.25) is 5.02 Å². The van der Waals surface area contributed by atoms with E-state index >= 15 is 4.39 Å². The molecule has 1 heterocycles. The summed E-state index contributed by atoms with van der Waals surface area (Å²) in [4.78, 5) is 15.6. The highest BCUT2D eigenvalue weighted by molar-refractivity contribution is 7.99. The van der Waals surface area contributed by atoms with E-state index in [1.807, 2.05) is 54.2 Å². The average molecular weight is 600 g/mol. The van der Waals surface area contributed by atoms with Gasteiger partial charge in [0.05, 0.1) is 5.56 Å². The Morgan fingerprint density at radius 2 is 1.60 bits per heavy atom. The van der Waals surface area contributed by atoms with Crippen LogP contribution in [-0.4, -0.2) is 30.6 Å². The van der Waals surface area contributed by atoms with Crippen molar-refractivity contribution in [3.63, 3.8) is 0 Å². The molecule has 1 aliphatic carbocycles. The second-order valence-electron chi connectivity index (χ2n) is 11.1. The number of nitrogens with zero attached hydrogens (tertiary/aromatic N) is 1. The third kappa shape index (κ3) is 6.53. The molecule has 0 unspecified atom stereocenters. The number of ether oxygens (including phenoxy) is 1. The van der Waals surface area contributed by atoms with E-state index in [1.165, 1.54) is 30.9 Å². The Balaban J connectivity index is 1.23. The molecule has 0 aromatic heterocycles. The summed E-state index contributed by atoms with van der Waals surface area (Å²) in [7, 11) is 0. The van der Waals surface area contributed by atoms with Gasteiger partial charge < -0.3 is 9.64 Å². The van der Waals surface area contributed by atoms with Gasteiger partial charge in [-0.15, -0.1) is 0 Å². The van der Waals surface area contributed by atoms with Crippen molar-refractivity contribution in [3.8, 4) is 22.3 Å². The minimum absolute atomic E-state index is 0.0844. The molecule has 0 atom stereocenters. The zero-order valence-electron chi connectivity index (χ0n) is 23.7. The Bertz CT molecular complexity index is 1540. The Morgan fingerprint density at radius 3 is 2.36 bits per heavy atom. The summed E-state index contributed by atoms with van der Waals surface area (Å²) in [6, 6.07) is 26.8. The normalized spacial score (nSPS) is 15.9. The molecule has 3 nitrogen and oxygen atoms in total. The minimum Gasteiger partial charge on any atom is -0.457 e. The van der Waals surface area contributed by atoms with E-state index in [2.05, 4.69) is 29.2 Å². The van der Waals surface area contributed by atoms with Gasteiger partial charge in [0.2, 0.25) is 0 Å². The Kier molecular flexibility index (Phi) is 9.16. The van der Waals surface area contributed by atoms with Crippen molar-refractivity contribution < 1.29 is 13.9 Å². The monoisotopic (exact) mass is 599 g/mol. The van der Waals surface area contributed by atoms with E-state index in [4.69, 9.17) is 16.3 Å². The van der Waals surface area contributed by atoms with E-state index in [0.29, 0.717) is 16.5 Å². The highest BCUT2D eigenvalue weighted by Gasteiger charge is 2.21. The summed E-state index contributed by atoms with van der Waals surface area (Å²) >= 11 is 8.10. The summed E-state index contributed by atoms with van der Waals surface area (Å²) in [5.41, 5.74) is 6.86. The molecule has 2 aliphatic rings. The van der Waals surface area contributed by atoms with Crippen LogP contribution in [0.25, 0.3) is 22.3 Å². The van der Waals surface area contributed by atoms with Gasteiger partial charge in [-0.05, 0) is 83.0 Å². The molecule has 4 aromatic carbocycles. The van der Waals surface area contributed by atoms with E-state index in [-0.39, 0.29) is 12.2 Å². The van der Waals surface area contributed by atoms with Gasteiger partial charge in [0.15, 0.2) is 0 Å². The first-order valence-corrected chi connectivity index (χ1v) is 16.4. The smallest absolute Gasteiger partial charge is 0.338 e. The molecule has 216 valence electrons. The first-order valence-electron chi connectivity index (χ1n) is 14.8. The maximum atomic E-state index is 15.6.